The molecule has 2 aromatic rings. The predicted octanol–water partition coefficient (Wildman–Crippen LogP) is 4.69. The molecular formula is C24H34N2. The highest BCUT2D eigenvalue weighted by atomic mass is 15.1. The smallest absolute Gasteiger partial charge is 0.0367 e. The Morgan fingerprint density at radius 3 is 1.81 bits per heavy atom. The summed E-state index contributed by atoms with van der Waals surface area (Å²) in [7, 11) is 4.40. The molecule has 2 N–H and O–H groups in total. The van der Waals surface area contributed by atoms with Crippen molar-refractivity contribution in [2.75, 3.05) is 27.2 Å². The third-order valence-electron chi connectivity index (χ3n) is 6.31. The summed E-state index contributed by atoms with van der Waals surface area (Å²) >= 11 is 0. The molecule has 3 rings (SSSR count). The molecule has 0 spiro atoms. The Morgan fingerprint density at radius 1 is 0.885 bits per heavy atom. The van der Waals surface area contributed by atoms with Gasteiger partial charge >= 0.3 is 0 Å². The van der Waals surface area contributed by atoms with Crippen molar-refractivity contribution < 1.29 is 0 Å². The maximum atomic E-state index is 6.64. The average Bonchev–Trinajstić information content (AvgIpc) is 2.70. The van der Waals surface area contributed by atoms with Gasteiger partial charge in [0.05, 0.1) is 0 Å². The van der Waals surface area contributed by atoms with Crippen LogP contribution in [0.15, 0.2) is 60.7 Å². The van der Waals surface area contributed by atoms with Crippen LogP contribution < -0.4 is 5.73 Å². The van der Waals surface area contributed by atoms with Gasteiger partial charge in [-0.3, -0.25) is 0 Å². The van der Waals surface area contributed by atoms with Crippen molar-refractivity contribution in [3.8, 4) is 0 Å². The molecule has 1 atom stereocenters. The molecule has 0 aliphatic heterocycles. The van der Waals surface area contributed by atoms with E-state index in [1.165, 1.54) is 43.2 Å². The minimum atomic E-state index is -0.130. The standard InChI is InChI=1S/C24H34N2/c1-26(2)18-23(20-12-6-3-7-13-20)24(19-25,21-14-8-4-9-15-21)22-16-10-5-11-17-22/h4-5,8-11,14-17,20,23H,3,6-7,12-13,18-19,25H2,1-2H3. The van der Waals surface area contributed by atoms with Crippen molar-refractivity contribution in [3.63, 3.8) is 0 Å². The minimum absolute atomic E-state index is 0.130. The first kappa shape index (κ1) is 19.1. The fraction of sp³-hybridized carbons (Fsp3) is 0.500. The van der Waals surface area contributed by atoms with Gasteiger partial charge in [-0.05, 0) is 37.1 Å². The van der Waals surface area contributed by atoms with E-state index in [9.17, 15) is 0 Å². The van der Waals surface area contributed by atoms with Crippen LogP contribution in [-0.4, -0.2) is 32.1 Å². The Labute approximate surface area is 159 Å². The van der Waals surface area contributed by atoms with Gasteiger partial charge in [0, 0.05) is 18.5 Å². The summed E-state index contributed by atoms with van der Waals surface area (Å²) in [6, 6.07) is 22.0. The van der Waals surface area contributed by atoms with Crippen molar-refractivity contribution >= 4 is 0 Å². The normalized spacial score (nSPS) is 17.4. The maximum absolute atomic E-state index is 6.64. The van der Waals surface area contributed by atoms with Gasteiger partial charge in [0.25, 0.3) is 0 Å². The van der Waals surface area contributed by atoms with Crippen molar-refractivity contribution in [1.29, 1.82) is 0 Å². The Hall–Kier alpha value is -1.64. The summed E-state index contributed by atoms with van der Waals surface area (Å²) in [5, 5.41) is 0. The van der Waals surface area contributed by atoms with Crippen molar-refractivity contribution in [1.82, 2.24) is 4.90 Å². The van der Waals surface area contributed by atoms with Gasteiger partial charge in [0.1, 0.15) is 0 Å². The van der Waals surface area contributed by atoms with Crippen LogP contribution in [0.4, 0.5) is 0 Å². The first-order valence-corrected chi connectivity index (χ1v) is 10.1. The van der Waals surface area contributed by atoms with E-state index in [4.69, 9.17) is 5.73 Å². The largest absolute Gasteiger partial charge is 0.329 e. The summed E-state index contributed by atoms with van der Waals surface area (Å²) in [6.45, 7) is 1.72. The minimum Gasteiger partial charge on any atom is -0.329 e. The number of nitrogens with two attached hydrogens (primary N) is 1. The molecule has 26 heavy (non-hydrogen) atoms. The molecule has 2 heteroatoms. The fourth-order valence-corrected chi connectivity index (χ4v) is 5.09. The fourth-order valence-electron chi connectivity index (χ4n) is 5.09. The zero-order valence-electron chi connectivity index (χ0n) is 16.4. The summed E-state index contributed by atoms with van der Waals surface area (Å²) in [6.07, 6.45) is 6.77. The first-order valence-electron chi connectivity index (χ1n) is 10.1. The Kier molecular flexibility index (Phi) is 6.50. The molecule has 2 aromatic carbocycles. The van der Waals surface area contributed by atoms with E-state index >= 15 is 0 Å². The van der Waals surface area contributed by atoms with E-state index in [0.717, 1.165) is 12.5 Å². The van der Waals surface area contributed by atoms with Crippen LogP contribution in [0, 0.1) is 11.8 Å². The molecule has 1 fully saturated rings. The molecule has 140 valence electrons. The monoisotopic (exact) mass is 350 g/mol. The molecule has 0 bridgehead atoms. The highest BCUT2D eigenvalue weighted by molar-refractivity contribution is 5.41. The zero-order chi connectivity index (χ0) is 18.4. The summed E-state index contributed by atoms with van der Waals surface area (Å²) < 4.78 is 0. The number of hydrogen-bond acceptors (Lipinski definition) is 2. The summed E-state index contributed by atoms with van der Waals surface area (Å²) in [4.78, 5) is 2.36. The van der Waals surface area contributed by atoms with Gasteiger partial charge < -0.3 is 10.6 Å². The molecule has 1 aliphatic rings. The molecule has 0 radical (unpaired) electrons. The van der Waals surface area contributed by atoms with Crippen molar-refractivity contribution in [2.24, 2.45) is 17.6 Å². The van der Waals surface area contributed by atoms with Crippen LogP contribution in [0.5, 0.6) is 0 Å². The molecule has 0 aromatic heterocycles. The highest BCUT2D eigenvalue weighted by Gasteiger charge is 2.44. The molecule has 0 saturated heterocycles. The van der Waals surface area contributed by atoms with Gasteiger partial charge in [-0.2, -0.15) is 0 Å². The Bertz CT molecular complexity index is 605. The lowest BCUT2D eigenvalue weighted by atomic mass is 9.59. The quantitative estimate of drug-likeness (QED) is 0.785. The number of benzene rings is 2. The van der Waals surface area contributed by atoms with Crippen LogP contribution in [0.25, 0.3) is 0 Å². The average molecular weight is 351 g/mol. The lowest BCUT2D eigenvalue weighted by Crippen LogP contribution is -2.50. The van der Waals surface area contributed by atoms with E-state index in [-0.39, 0.29) is 5.41 Å². The highest BCUT2D eigenvalue weighted by Crippen LogP contribution is 2.46. The van der Waals surface area contributed by atoms with E-state index in [0.29, 0.717) is 12.5 Å². The van der Waals surface area contributed by atoms with Gasteiger partial charge in [0.2, 0.25) is 0 Å². The van der Waals surface area contributed by atoms with Crippen LogP contribution in [0.1, 0.15) is 43.2 Å². The third-order valence-corrected chi connectivity index (χ3v) is 6.31. The second-order valence-electron chi connectivity index (χ2n) is 8.17. The second-order valence-corrected chi connectivity index (χ2v) is 8.17. The van der Waals surface area contributed by atoms with E-state index in [2.05, 4.69) is 79.7 Å². The van der Waals surface area contributed by atoms with E-state index in [1.54, 1.807) is 0 Å². The number of nitrogens with zero attached hydrogens (tertiary/aromatic N) is 1. The van der Waals surface area contributed by atoms with Crippen molar-refractivity contribution in [3.05, 3.63) is 71.8 Å². The molecule has 0 heterocycles. The predicted molar refractivity (Wildman–Crippen MR) is 111 cm³/mol. The second kappa shape index (κ2) is 8.83. The Balaban J connectivity index is 2.15. The summed E-state index contributed by atoms with van der Waals surface area (Å²) in [5.41, 5.74) is 9.24. The number of hydrogen-bond donors (Lipinski definition) is 1. The molecular weight excluding hydrogens is 316 g/mol. The summed E-state index contributed by atoms with van der Waals surface area (Å²) in [5.74, 6) is 1.25. The maximum Gasteiger partial charge on any atom is 0.0367 e. The lowest BCUT2D eigenvalue weighted by molar-refractivity contribution is 0.135. The molecule has 1 aliphatic carbocycles. The SMILES string of the molecule is CN(C)CC(C1CCCCC1)C(CN)(c1ccccc1)c1ccccc1. The molecule has 1 unspecified atom stereocenters. The third kappa shape index (κ3) is 3.87. The molecule has 0 amide bonds. The van der Waals surface area contributed by atoms with Crippen molar-refractivity contribution in [2.45, 2.75) is 37.5 Å². The Morgan fingerprint density at radius 2 is 1.38 bits per heavy atom. The van der Waals surface area contributed by atoms with Gasteiger partial charge in [-0.15, -0.1) is 0 Å². The van der Waals surface area contributed by atoms with Gasteiger partial charge in [0.15, 0.2) is 0 Å². The van der Waals surface area contributed by atoms with Crippen LogP contribution >= 0.6 is 0 Å². The van der Waals surface area contributed by atoms with Crippen LogP contribution in [-0.2, 0) is 5.41 Å². The van der Waals surface area contributed by atoms with Crippen LogP contribution in [0.3, 0.4) is 0 Å². The lowest BCUT2D eigenvalue weighted by Gasteiger charge is -2.47. The van der Waals surface area contributed by atoms with Gasteiger partial charge in [-0.1, -0.05) is 92.8 Å². The van der Waals surface area contributed by atoms with E-state index in [1.807, 2.05) is 0 Å². The number of rotatable bonds is 7. The molecule has 2 nitrogen and oxygen atoms in total. The van der Waals surface area contributed by atoms with Gasteiger partial charge in [-0.25, -0.2) is 0 Å². The topological polar surface area (TPSA) is 29.3 Å². The first-order chi connectivity index (χ1) is 12.7. The van der Waals surface area contributed by atoms with E-state index < -0.39 is 0 Å². The molecule has 1 saturated carbocycles. The zero-order valence-corrected chi connectivity index (χ0v) is 16.4. The van der Waals surface area contributed by atoms with Crippen LogP contribution in [0.2, 0.25) is 0 Å².